The molecule has 2 aliphatic rings. The van der Waals surface area contributed by atoms with Crippen molar-refractivity contribution < 1.29 is 13.9 Å². The van der Waals surface area contributed by atoms with Gasteiger partial charge in [0.25, 0.3) is 0 Å². The number of rotatable bonds is 7. The molecule has 1 aromatic heterocycles. The fraction of sp³-hybridized carbons (Fsp3) is 0.545. The van der Waals surface area contributed by atoms with Crippen LogP contribution in [0.5, 0.6) is 5.75 Å². The highest BCUT2D eigenvalue weighted by Gasteiger charge is 2.27. The Balaban J connectivity index is 1.46. The van der Waals surface area contributed by atoms with Crippen molar-refractivity contribution in [1.82, 2.24) is 20.0 Å². The quantitative estimate of drug-likeness (QED) is 0.772. The zero-order valence-corrected chi connectivity index (χ0v) is 17.0. The topological polar surface area (TPSA) is 61.5 Å². The Bertz CT molecular complexity index is 853. The number of aromatic nitrogens is 2. The van der Waals surface area contributed by atoms with Crippen molar-refractivity contribution in [2.24, 2.45) is 0 Å². The van der Waals surface area contributed by atoms with E-state index in [-0.39, 0.29) is 5.82 Å². The van der Waals surface area contributed by atoms with Gasteiger partial charge in [-0.2, -0.15) is 5.10 Å². The van der Waals surface area contributed by atoms with E-state index in [1.165, 1.54) is 26.0 Å². The summed E-state index contributed by atoms with van der Waals surface area (Å²) in [4.78, 5) is 16.4. The lowest BCUT2D eigenvalue weighted by molar-refractivity contribution is -0.127. The molecule has 0 aliphatic carbocycles. The summed E-state index contributed by atoms with van der Waals surface area (Å²) in [5.74, 6) is 0.469. The van der Waals surface area contributed by atoms with E-state index >= 15 is 0 Å². The second kappa shape index (κ2) is 8.95. The highest BCUT2D eigenvalue weighted by atomic mass is 19.1. The minimum atomic E-state index is -0.322. The first kappa shape index (κ1) is 19.9. The number of hydrogen-bond acceptors (Lipinski definition) is 4. The molecule has 2 fully saturated rings. The molecule has 1 atom stereocenters. The number of amides is 1. The predicted molar refractivity (Wildman–Crippen MR) is 109 cm³/mol. The number of ether oxygens (including phenoxy) is 1. The standard InChI is InChI=1S/C22H29FN4O2/c1-29-18-7-8-19(20(23)13-18)22-16(14-24-25-22)15-27-10-3-2-5-17(27)9-12-26-11-4-6-21(26)28/h7-8,13-14,17H,2-6,9-12,15H2,1H3,(H,24,25). The smallest absolute Gasteiger partial charge is 0.222 e. The van der Waals surface area contributed by atoms with Gasteiger partial charge in [0.1, 0.15) is 11.6 Å². The third kappa shape index (κ3) is 4.45. The zero-order valence-electron chi connectivity index (χ0n) is 17.0. The highest BCUT2D eigenvalue weighted by Crippen LogP contribution is 2.30. The molecule has 1 N–H and O–H groups in total. The van der Waals surface area contributed by atoms with Gasteiger partial charge in [-0.1, -0.05) is 6.42 Å². The molecular weight excluding hydrogens is 371 g/mol. The van der Waals surface area contributed by atoms with Gasteiger partial charge in [-0.15, -0.1) is 0 Å². The van der Waals surface area contributed by atoms with Crippen molar-refractivity contribution in [3.8, 4) is 17.0 Å². The second-order valence-corrected chi connectivity index (χ2v) is 8.01. The van der Waals surface area contributed by atoms with Gasteiger partial charge in [0.15, 0.2) is 0 Å². The van der Waals surface area contributed by atoms with Gasteiger partial charge in [-0.05, 0) is 44.4 Å². The maximum Gasteiger partial charge on any atom is 0.222 e. The first-order chi connectivity index (χ1) is 14.2. The number of H-pyrrole nitrogens is 1. The van der Waals surface area contributed by atoms with Crippen LogP contribution in [-0.4, -0.2) is 58.7 Å². The molecule has 29 heavy (non-hydrogen) atoms. The number of carbonyl (C=O) groups is 1. The third-order valence-corrected chi connectivity index (χ3v) is 6.19. The van der Waals surface area contributed by atoms with Crippen LogP contribution in [0.3, 0.4) is 0 Å². The van der Waals surface area contributed by atoms with Gasteiger partial charge in [-0.25, -0.2) is 4.39 Å². The number of likely N-dealkylation sites (tertiary alicyclic amines) is 2. The van der Waals surface area contributed by atoms with E-state index in [9.17, 15) is 9.18 Å². The average molecular weight is 400 g/mol. The largest absolute Gasteiger partial charge is 0.497 e. The second-order valence-electron chi connectivity index (χ2n) is 8.01. The summed E-state index contributed by atoms with van der Waals surface area (Å²) >= 11 is 0. The number of nitrogens with one attached hydrogen (secondary N) is 1. The number of aromatic amines is 1. The van der Waals surface area contributed by atoms with E-state index in [4.69, 9.17) is 4.74 Å². The van der Waals surface area contributed by atoms with Crippen LogP contribution in [-0.2, 0) is 11.3 Å². The zero-order chi connectivity index (χ0) is 20.2. The van der Waals surface area contributed by atoms with Crippen LogP contribution in [0.15, 0.2) is 24.4 Å². The summed E-state index contributed by atoms with van der Waals surface area (Å²) in [6.45, 7) is 3.49. The summed E-state index contributed by atoms with van der Waals surface area (Å²) in [5, 5.41) is 7.17. The van der Waals surface area contributed by atoms with Crippen LogP contribution in [0.2, 0.25) is 0 Å². The lowest BCUT2D eigenvalue weighted by atomic mass is 9.97. The van der Waals surface area contributed by atoms with Crippen molar-refractivity contribution in [3.05, 3.63) is 35.8 Å². The van der Waals surface area contributed by atoms with Gasteiger partial charge < -0.3 is 9.64 Å². The van der Waals surface area contributed by atoms with Crippen LogP contribution < -0.4 is 4.74 Å². The molecule has 4 rings (SSSR count). The number of nitrogens with zero attached hydrogens (tertiary/aromatic N) is 3. The van der Waals surface area contributed by atoms with Crippen molar-refractivity contribution in [2.45, 2.75) is 51.1 Å². The molecule has 2 saturated heterocycles. The molecule has 156 valence electrons. The number of piperidine rings is 1. The SMILES string of the molecule is COc1ccc(-c2[nH]ncc2CN2CCCCC2CCN2CCCC2=O)c(F)c1. The molecule has 1 amide bonds. The van der Waals surface area contributed by atoms with E-state index in [0.29, 0.717) is 29.7 Å². The van der Waals surface area contributed by atoms with E-state index in [0.717, 1.165) is 56.7 Å². The summed E-state index contributed by atoms with van der Waals surface area (Å²) in [5.41, 5.74) is 2.23. The molecule has 6 nitrogen and oxygen atoms in total. The molecule has 2 aromatic rings. The lowest BCUT2D eigenvalue weighted by Gasteiger charge is -2.36. The molecule has 0 saturated carbocycles. The monoisotopic (exact) mass is 400 g/mol. The van der Waals surface area contributed by atoms with Crippen LogP contribution >= 0.6 is 0 Å². The minimum absolute atomic E-state index is 0.291. The number of hydrogen-bond donors (Lipinski definition) is 1. The normalized spacial score (nSPS) is 20.4. The molecule has 2 aliphatic heterocycles. The number of halogens is 1. The minimum Gasteiger partial charge on any atom is -0.497 e. The van der Waals surface area contributed by atoms with Gasteiger partial charge in [0.2, 0.25) is 5.91 Å². The maximum atomic E-state index is 14.6. The Hall–Kier alpha value is -2.41. The summed E-state index contributed by atoms with van der Waals surface area (Å²) in [6, 6.07) is 5.34. The van der Waals surface area contributed by atoms with Crippen molar-refractivity contribution in [1.29, 1.82) is 0 Å². The molecule has 3 heterocycles. The van der Waals surface area contributed by atoms with Crippen molar-refractivity contribution in [3.63, 3.8) is 0 Å². The first-order valence-electron chi connectivity index (χ1n) is 10.5. The van der Waals surface area contributed by atoms with E-state index < -0.39 is 0 Å². The Morgan fingerprint density at radius 3 is 2.93 bits per heavy atom. The van der Waals surface area contributed by atoms with Crippen LogP contribution in [0.25, 0.3) is 11.3 Å². The molecule has 7 heteroatoms. The predicted octanol–water partition coefficient (Wildman–Crippen LogP) is 3.59. The Kier molecular flexibility index (Phi) is 6.13. The summed E-state index contributed by atoms with van der Waals surface area (Å²) in [7, 11) is 1.53. The Morgan fingerprint density at radius 2 is 2.17 bits per heavy atom. The first-order valence-corrected chi connectivity index (χ1v) is 10.5. The van der Waals surface area contributed by atoms with Crippen LogP contribution in [0.1, 0.15) is 44.1 Å². The number of methoxy groups -OCH3 is 1. The summed E-state index contributed by atoms with van der Waals surface area (Å²) in [6.07, 6.45) is 8.01. The fourth-order valence-electron chi connectivity index (χ4n) is 4.55. The Morgan fingerprint density at radius 1 is 1.28 bits per heavy atom. The summed E-state index contributed by atoms with van der Waals surface area (Å²) < 4.78 is 19.7. The molecule has 0 bridgehead atoms. The maximum absolute atomic E-state index is 14.6. The third-order valence-electron chi connectivity index (χ3n) is 6.19. The average Bonchev–Trinajstić information content (AvgIpc) is 3.36. The van der Waals surface area contributed by atoms with E-state index in [1.54, 1.807) is 18.3 Å². The number of carbonyl (C=O) groups excluding carboxylic acids is 1. The highest BCUT2D eigenvalue weighted by molar-refractivity contribution is 5.78. The van der Waals surface area contributed by atoms with E-state index in [1.807, 2.05) is 4.90 Å². The molecular formula is C22H29FN4O2. The van der Waals surface area contributed by atoms with Crippen LogP contribution in [0, 0.1) is 5.82 Å². The molecule has 0 spiro atoms. The molecule has 1 unspecified atom stereocenters. The van der Waals surface area contributed by atoms with Crippen LogP contribution in [0.4, 0.5) is 4.39 Å². The molecule has 1 aromatic carbocycles. The Labute approximate surface area is 171 Å². The van der Waals surface area contributed by atoms with E-state index in [2.05, 4.69) is 15.1 Å². The number of benzene rings is 1. The van der Waals surface area contributed by atoms with Crippen molar-refractivity contribution in [2.75, 3.05) is 26.7 Å². The van der Waals surface area contributed by atoms with Gasteiger partial charge in [-0.3, -0.25) is 14.8 Å². The molecule has 0 radical (unpaired) electrons. The fourth-order valence-corrected chi connectivity index (χ4v) is 4.55. The lowest BCUT2D eigenvalue weighted by Crippen LogP contribution is -2.41. The van der Waals surface area contributed by atoms with Gasteiger partial charge in [0.05, 0.1) is 19.0 Å². The van der Waals surface area contributed by atoms with Crippen molar-refractivity contribution >= 4 is 5.91 Å². The van der Waals surface area contributed by atoms with Gasteiger partial charge in [0, 0.05) is 49.3 Å². The van der Waals surface area contributed by atoms with Gasteiger partial charge >= 0.3 is 0 Å².